The molecule has 0 aliphatic rings. The van der Waals surface area contributed by atoms with Gasteiger partial charge in [-0.15, -0.1) is 34.9 Å². The molecule has 0 aliphatic carbocycles. The van der Waals surface area contributed by atoms with Crippen molar-refractivity contribution >= 4 is 40.5 Å². The van der Waals surface area contributed by atoms with Crippen molar-refractivity contribution in [1.82, 2.24) is 0 Å². The fourth-order valence-electron chi connectivity index (χ4n) is 0.773. The first kappa shape index (κ1) is 9.88. The molecule has 1 heterocycles. The van der Waals surface area contributed by atoms with Crippen LogP contribution >= 0.6 is 34.9 Å². The molecule has 0 amide bonds. The van der Waals surface area contributed by atoms with Crippen LogP contribution in [0.25, 0.3) is 0 Å². The van der Waals surface area contributed by atoms with Gasteiger partial charge in [0.05, 0.1) is 9.82 Å². The molecule has 0 fully saturated rings. The van der Waals surface area contributed by atoms with Crippen LogP contribution in [-0.4, -0.2) is 17.4 Å². The van der Waals surface area contributed by atoms with Gasteiger partial charge in [0.25, 0.3) is 0 Å². The smallest absolute Gasteiger partial charge is 0.258 e. The van der Waals surface area contributed by atoms with Crippen LogP contribution in [0.4, 0.5) is 5.69 Å². The lowest BCUT2D eigenvalue weighted by atomic mass is 10.5. The van der Waals surface area contributed by atoms with E-state index in [0.29, 0.717) is 0 Å². The molecule has 0 saturated heterocycles. The maximum Gasteiger partial charge on any atom is 0.307 e. The van der Waals surface area contributed by atoms with E-state index in [0.717, 1.165) is 9.10 Å². The Morgan fingerprint density at radius 1 is 1.50 bits per heavy atom. The number of nitro groups is 1. The second-order valence-electron chi connectivity index (χ2n) is 1.90. The predicted octanol–water partition coefficient (Wildman–Crippen LogP) is 3.10. The molecule has 0 N–H and O–H groups in total. The summed E-state index contributed by atoms with van der Waals surface area (Å²) < 4.78 is 0.782. The summed E-state index contributed by atoms with van der Waals surface area (Å²) in [5.41, 5.74) is 0.264. The summed E-state index contributed by atoms with van der Waals surface area (Å²) in [4.78, 5) is 11.1. The van der Waals surface area contributed by atoms with Gasteiger partial charge >= 0.3 is 5.69 Å². The quantitative estimate of drug-likeness (QED) is 0.447. The zero-order chi connectivity index (χ0) is 9.14. The second-order valence-corrected chi connectivity index (χ2v) is 4.70. The molecule has 12 heavy (non-hydrogen) atoms. The maximum atomic E-state index is 10.6. The average molecular weight is 221 g/mol. The monoisotopic (exact) mass is 221 g/mol. The Kier molecular flexibility index (Phi) is 3.42. The molecule has 0 aromatic carbocycles. The first-order chi connectivity index (χ1) is 5.70. The fraction of sp³-hybridized carbons (Fsp3) is 0.333. The summed E-state index contributed by atoms with van der Waals surface area (Å²) in [6.45, 7) is 0. The average Bonchev–Trinajstić information content (AvgIpc) is 2.46. The van der Waals surface area contributed by atoms with Crippen molar-refractivity contribution in [2.24, 2.45) is 0 Å². The number of rotatable bonds is 3. The normalized spacial score (nSPS) is 10.2. The van der Waals surface area contributed by atoms with E-state index in [-0.39, 0.29) is 10.6 Å². The number of thioether (sulfide) groups is 2. The summed E-state index contributed by atoms with van der Waals surface area (Å²) in [6.07, 6.45) is 3.70. The highest BCUT2D eigenvalue weighted by atomic mass is 32.2. The van der Waals surface area contributed by atoms with Gasteiger partial charge in [0.1, 0.15) is 4.21 Å². The van der Waals surface area contributed by atoms with Crippen LogP contribution in [0.1, 0.15) is 0 Å². The van der Waals surface area contributed by atoms with E-state index >= 15 is 0 Å². The Hall–Kier alpha value is -0.200. The van der Waals surface area contributed by atoms with Crippen LogP contribution in [0.5, 0.6) is 0 Å². The minimum atomic E-state index is -0.311. The zero-order valence-corrected chi connectivity index (χ0v) is 9.02. The molecule has 0 spiro atoms. The van der Waals surface area contributed by atoms with Gasteiger partial charge in [0.15, 0.2) is 0 Å². The summed E-state index contributed by atoms with van der Waals surface area (Å²) in [5.74, 6) is 0. The highest BCUT2D eigenvalue weighted by Crippen LogP contribution is 2.41. The van der Waals surface area contributed by atoms with Crippen molar-refractivity contribution < 1.29 is 4.92 Å². The van der Waals surface area contributed by atoms with Gasteiger partial charge in [-0.05, 0) is 12.5 Å². The summed E-state index contributed by atoms with van der Waals surface area (Å²) in [7, 11) is 0. The minimum Gasteiger partial charge on any atom is -0.258 e. The standard InChI is InChI=1S/C6H7NO2S3/c1-10-4-3-12-6(11-2)5(4)7(8)9/h3H,1-2H3. The number of hydrogen-bond acceptors (Lipinski definition) is 5. The topological polar surface area (TPSA) is 43.1 Å². The molecular weight excluding hydrogens is 214 g/mol. The predicted molar refractivity (Wildman–Crippen MR) is 54.5 cm³/mol. The van der Waals surface area contributed by atoms with Gasteiger partial charge in [0.2, 0.25) is 0 Å². The van der Waals surface area contributed by atoms with E-state index in [2.05, 4.69) is 0 Å². The first-order valence-corrected chi connectivity index (χ1v) is 6.37. The molecule has 0 atom stereocenters. The lowest BCUT2D eigenvalue weighted by molar-refractivity contribution is -0.390. The van der Waals surface area contributed by atoms with E-state index in [1.54, 1.807) is 0 Å². The molecule has 1 aromatic rings. The van der Waals surface area contributed by atoms with Crippen molar-refractivity contribution in [3.05, 3.63) is 15.5 Å². The fourth-order valence-corrected chi connectivity index (χ4v) is 3.33. The van der Waals surface area contributed by atoms with Crippen LogP contribution in [0.3, 0.4) is 0 Å². The highest BCUT2D eigenvalue weighted by molar-refractivity contribution is 8.01. The third-order valence-corrected chi connectivity index (χ3v) is 4.30. The summed E-state index contributed by atoms with van der Waals surface area (Å²) in [6, 6.07) is 0. The Balaban J connectivity index is 3.16. The van der Waals surface area contributed by atoms with Gasteiger partial charge in [-0.2, -0.15) is 0 Å². The van der Waals surface area contributed by atoms with Crippen molar-refractivity contribution in [3.63, 3.8) is 0 Å². The number of thiophene rings is 1. The molecule has 1 rings (SSSR count). The van der Waals surface area contributed by atoms with E-state index in [1.807, 2.05) is 17.9 Å². The van der Waals surface area contributed by atoms with Crippen LogP contribution in [-0.2, 0) is 0 Å². The SMILES string of the molecule is CSc1csc(SC)c1[N+](=O)[O-]. The lowest BCUT2D eigenvalue weighted by Crippen LogP contribution is -1.87. The Morgan fingerprint density at radius 3 is 2.58 bits per heavy atom. The molecule has 0 unspecified atom stereocenters. The van der Waals surface area contributed by atoms with E-state index < -0.39 is 0 Å². The van der Waals surface area contributed by atoms with Gasteiger partial charge in [-0.25, -0.2) is 0 Å². The van der Waals surface area contributed by atoms with Gasteiger partial charge < -0.3 is 0 Å². The van der Waals surface area contributed by atoms with E-state index in [1.165, 1.54) is 34.9 Å². The Labute approximate surface area is 82.7 Å². The zero-order valence-electron chi connectivity index (χ0n) is 6.57. The molecule has 0 radical (unpaired) electrons. The summed E-state index contributed by atoms with van der Waals surface area (Å²) in [5, 5.41) is 12.4. The molecule has 1 aromatic heterocycles. The Morgan fingerprint density at radius 2 is 2.17 bits per heavy atom. The molecule has 0 bridgehead atoms. The van der Waals surface area contributed by atoms with Crippen LogP contribution in [0.2, 0.25) is 0 Å². The lowest BCUT2D eigenvalue weighted by Gasteiger charge is -1.92. The van der Waals surface area contributed by atoms with Gasteiger partial charge in [-0.3, -0.25) is 10.1 Å². The molecular formula is C6H7NO2S3. The maximum absolute atomic E-state index is 10.6. The van der Waals surface area contributed by atoms with Crippen LogP contribution in [0, 0.1) is 10.1 Å². The van der Waals surface area contributed by atoms with E-state index in [4.69, 9.17) is 0 Å². The van der Waals surface area contributed by atoms with Crippen molar-refractivity contribution in [1.29, 1.82) is 0 Å². The second kappa shape index (κ2) is 4.15. The van der Waals surface area contributed by atoms with Gasteiger partial charge in [0, 0.05) is 5.38 Å². The molecule has 0 aliphatic heterocycles. The number of nitrogens with zero attached hydrogens (tertiary/aromatic N) is 1. The van der Waals surface area contributed by atoms with Crippen molar-refractivity contribution in [2.45, 2.75) is 9.10 Å². The Bertz CT molecular complexity index is 275. The first-order valence-electron chi connectivity index (χ1n) is 3.04. The third kappa shape index (κ3) is 1.75. The molecule has 0 saturated carbocycles. The largest absolute Gasteiger partial charge is 0.307 e. The summed E-state index contributed by atoms with van der Waals surface area (Å²) >= 11 is 4.27. The minimum absolute atomic E-state index is 0.264. The molecule has 66 valence electrons. The third-order valence-electron chi connectivity index (χ3n) is 1.29. The van der Waals surface area contributed by atoms with Crippen LogP contribution < -0.4 is 0 Å². The molecule has 6 heteroatoms. The van der Waals surface area contributed by atoms with Crippen molar-refractivity contribution in [3.8, 4) is 0 Å². The number of hydrogen-bond donors (Lipinski definition) is 0. The molecule has 3 nitrogen and oxygen atoms in total. The van der Waals surface area contributed by atoms with Crippen LogP contribution in [0.15, 0.2) is 14.5 Å². The van der Waals surface area contributed by atoms with Crippen molar-refractivity contribution in [2.75, 3.05) is 12.5 Å². The highest BCUT2D eigenvalue weighted by Gasteiger charge is 2.20. The van der Waals surface area contributed by atoms with Gasteiger partial charge in [-0.1, -0.05) is 0 Å². The van der Waals surface area contributed by atoms with E-state index in [9.17, 15) is 10.1 Å².